The lowest BCUT2D eigenvalue weighted by atomic mass is 9.52. The second-order valence-corrected chi connectivity index (χ2v) is 11.1. The maximum Gasteiger partial charge on any atom is 0.255 e. The Morgan fingerprint density at radius 2 is 1.77 bits per heavy atom. The van der Waals surface area contributed by atoms with Crippen molar-refractivity contribution in [3.8, 4) is 5.75 Å². The summed E-state index contributed by atoms with van der Waals surface area (Å²) in [5.41, 5.74) is 3.11. The van der Waals surface area contributed by atoms with Gasteiger partial charge in [-0.3, -0.25) is 33.7 Å². The first kappa shape index (κ1) is 28.4. The van der Waals surface area contributed by atoms with Gasteiger partial charge in [-0.1, -0.05) is 6.92 Å². The number of benzene rings is 1. The van der Waals surface area contributed by atoms with Crippen LogP contribution in [0.25, 0.3) is 0 Å². The molecule has 0 heterocycles. The van der Waals surface area contributed by atoms with Crippen molar-refractivity contribution in [2.45, 2.75) is 37.8 Å². The Hall–Kier alpha value is -3.64. The molecule has 2 saturated carbocycles. The Labute approximate surface area is 225 Å². The second kappa shape index (κ2) is 9.83. The lowest BCUT2D eigenvalue weighted by Crippen LogP contribution is -2.74. The number of Topliss-reactive ketones (excluding diaryl/α,β-unsaturated/α-hetero) is 4. The van der Waals surface area contributed by atoms with Crippen molar-refractivity contribution >= 4 is 40.6 Å². The number of aromatic hydroxyl groups is 1. The molecule has 6 atom stereocenters. The van der Waals surface area contributed by atoms with E-state index in [1.54, 1.807) is 19.0 Å². The Kier molecular flexibility index (Phi) is 7.15. The normalized spacial score (nSPS) is 30.0. The van der Waals surface area contributed by atoms with Crippen molar-refractivity contribution in [2.24, 2.45) is 29.4 Å². The van der Waals surface area contributed by atoms with Gasteiger partial charge in [-0.15, -0.1) is 0 Å². The van der Waals surface area contributed by atoms with Crippen molar-refractivity contribution in [3.05, 3.63) is 22.8 Å². The fourth-order valence-corrected chi connectivity index (χ4v) is 6.56. The topological polar surface area (TPSA) is 187 Å². The monoisotopic (exact) mass is 542 g/mol. The standard InChI is InChI=1S/C27H34N4O8/c1-6-7-29-26(38)13-10-15(30(2)3)12-8-11-9-14-19(31(4)5)22(34)18(25(28)37)24(36)27(14,39)23(35)16(11)21(33)17(12)20(13)32/h10-11,14,16,18-19,32,39H,6-9H2,1-5H3,(H2,28,37)(H,29,38)/t11-,14-,16?,18?,19-,27-/m0/s1. The molecule has 1 aromatic carbocycles. The van der Waals surface area contributed by atoms with Crippen LogP contribution >= 0.6 is 0 Å². The van der Waals surface area contributed by atoms with Crippen molar-refractivity contribution in [1.29, 1.82) is 0 Å². The zero-order chi connectivity index (χ0) is 29.1. The molecular formula is C27H34N4O8. The van der Waals surface area contributed by atoms with Gasteiger partial charge < -0.3 is 26.2 Å². The van der Waals surface area contributed by atoms with Crippen LogP contribution in [0.5, 0.6) is 5.75 Å². The van der Waals surface area contributed by atoms with E-state index in [1.807, 2.05) is 6.92 Å². The van der Waals surface area contributed by atoms with Crippen LogP contribution in [0.2, 0.25) is 0 Å². The molecule has 0 radical (unpaired) electrons. The van der Waals surface area contributed by atoms with Crippen LogP contribution in [-0.2, 0) is 25.6 Å². The smallest absolute Gasteiger partial charge is 0.255 e. The van der Waals surface area contributed by atoms with Gasteiger partial charge in [0.15, 0.2) is 34.7 Å². The third-order valence-electron chi connectivity index (χ3n) is 8.30. The van der Waals surface area contributed by atoms with E-state index in [0.29, 0.717) is 24.2 Å². The van der Waals surface area contributed by atoms with E-state index in [9.17, 15) is 39.0 Å². The van der Waals surface area contributed by atoms with E-state index >= 15 is 0 Å². The van der Waals surface area contributed by atoms with E-state index in [0.717, 1.165) is 0 Å². The van der Waals surface area contributed by atoms with E-state index in [-0.39, 0.29) is 24.0 Å². The number of likely N-dealkylation sites (N-methyl/N-ethyl adjacent to an activating group) is 1. The molecule has 2 amide bonds. The molecule has 12 heteroatoms. The lowest BCUT2D eigenvalue weighted by molar-refractivity contribution is -0.181. The number of fused-ring (bicyclic) bond motifs is 3. The summed E-state index contributed by atoms with van der Waals surface area (Å²) >= 11 is 0. The summed E-state index contributed by atoms with van der Waals surface area (Å²) in [4.78, 5) is 82.5. The number of nitrogens with two attached hydrogens (primary N) is 1. The lowest BCUT2D eigenvalue weighted by Gasteiger charge is -2.52. The predicted octanol–water partition coefficient (Wildman–Crippen LogP) is -0.927. The number of nitrogens with zero attached hydrogens (tertiary/aromatic N) is 2. The Morgan fingerprint density at radius 3 is 2.31 bits per heavy atom. The number of amides is 2. The number of carbonyl (C=O) groups is 6. The van der Waals surface area contributed by atoms with Crippen molar-refractivity contribution in [1.82, 2.24) is 10.2 Å². The average Bonchev–Trinajstić information content (AvgIpc) is 2.84. The van der Waals surface area contributed by atoms with Crippen LogP contribution in [0.15, 0.2) is 6.07 Å². The molecule has 4 rings (SSSR count). The molecule has 0 spiro atoms. The van der Waals surface area contributed by atoms with Crippen LogP contribution in [0.4, 0.5) is 5.69 Å². The minimum Gasteiger partial charge on any atom is -0.506 e. The number of carbonyl (C=O) groups excluding carboxylic acids is 6. The number of phenols is 1. The highest BCUT2D eigenvalue weighted by Crippen LogP contribution is 2.52. The van der Waals surface area contributed by atoms with Gasteiger partial charge >= 0.3 is 0 Å². The largest absolute Gasteiger partial charge is 0.506 e. The van der Waals surface area contributed by atoms with Gasteiger partial charge in [0.2, 0.25) is 5.91 Å². The molecular weight excluding hydrogens is 508 g/mol. The van der Waals surface area contributed by atoms with Crippen LogP contribution in [0.3, 0.4) is 0 Å². The van der Waals surface area contributed by atoms with E-state index in [4.69, 9.17) is 5.73 Å². The molecule has 0 saturated heterocycles. The van der Waals surface area contributed by atoms with Crippen LogP contribution in [-0.4, -0.2) is 96.4 Å². The summed E-state index contributed by atoms with van der Waals surface area (Å²) in [6, 6.07) is 0.319. The number of primary amides is 1. The highest BCUT2D eigenvalue weighted by atomic mass is 16.3. The molecule has 5 N–H and O–H groups in total. The molecule has 12 nitrogen and oxygen atoms in total. The SMILES string of the molecule is CCCNC(=O)c1cc(N(C)C)c2c(c1O)C(=O)C1C(=O)[C@]3(O)C(=O)C(C(N)=O)C(=O)[C@@H](N(C)C)[C@@H]3C[C@@H]1C2. The number of phenolic OH excluding ortho intramolecular Hbond substituents is 1. The Morgan fingerprint density at radius 1 is 1.13 bits per heavy atom. The summed E-state index contributed by atoms with van der Waals surface area (Å²) in [5.74, 6) is -12.0. The first-order valence-corrected chi connectivity index (χ1v) is 12.9. The molecule has 3 aliphatic rings. The van der Waals surface area contributed by atoms with Gasteiger partial charge in [-0.25, -0.2) is 0 Å². The average molecular weight is 543 g/mol. The quantitative estimate of drug-likeness (QED) is 0.327. The summed E-state index contributed by atoms with van der Waals surface area (Å²) in [6.07, 6.45) is 0.714. The van der Waals surface area contributed by atoms with Crippen molar-refractivity contribution < 1.29 is 39.0 Å². The third kappa shape index (κ3) is 4.04. The van der Waals surface area contributed by atoms with Gasteiger partial charge in [0.05, 0.1) is 23.1 Å². The van der Waals surface area contributed by atoms with Gasteiger partial charge in [0, 0.05) is 32.2 Å². The zero-order valence-corrected chi connectivity index (χ0v) is 22.6. The molecule has 3 aliphatic carbocycles. The van der Waals surface area contributed by atoms with Crippen molar-refractivity contribution in [2.75, 3.05) is 39.6 Å². The highest BCUT2D eigenvalue weighted by molar-refractivity contribution is 6.32. The first-order valence-electron chi connectivity index (χ1n) is 12.9. The number of nitrogens with one attached hydrogen (secondary N) is 1. The van der Waals surface area contributed by atoms with Gasteiger partial charge in [-0.2, -0.15) is 0 Å². The molecule has 39 heavy (non-hydrogen) atoms. The number of ketones is 4. The van der Waals surface area contributed by atoms with Gasteiger partial charge in [0.1, 0.15) is 5.75 Å². The fraction of sp³-hybridized carbons (Fsp3) is 0.556. The van der Waals surface area contributed by atoms with Crippen LogP contribution in [0, 0.1) is 23.7 Å². The van der Waals surface area contributed by atoms with Gasteiger partial charge in [0.25, 0.3) is 5.91 Å². The molecule has 0 aromatic heterocycles. The summed E-state index contributed by atoms with van der Waals surface area (Å²) < 4.78 is 0. The summed E-state index contributed by atoms with van der Waals surface area (Å²) in [7, 11) is 6.49. The molecule has 1 aromatic rings. The number of aliphatic hydroxyl groups is 1. The number of anilines is 1. The Bertz CT molecular complexity index is 1300. The van der Waals surface area contributed by atoms with Crippen molar-refractivity contribution in [3.63, 3.8) is 0 Å². The predicted molar refractivity (Wildman–Crippen MR) is 138 cm³/mol. The van der Waals surface area contributed by atoms with E-state index < -0.39 is 76.0 Å². The molecule has 0 aliphatic heterocycles. The number of hydrogen-bond acceptors (Lipinski definition) is 10. The third-order valence-corrected chi connectivity index (χ3v) is 8.30. The summed E-state index contributed by atoms with van der Waals surface area (Å²) in [5, 5.41) is 25.5. The molecule has 2 unspecified atom stereocenters. The van der Waals surface area contributed by atoms with E-state index in [2.05, 4.69) is 5.32 Å². The molecule has 0 bridgehead atoms. The maximum atomic E-state index is 13.9. The minimum atomic E-state index is -2.80. The van der Waals surface area contributed by atoms with Crippen LogP contribution < -0.4 is 16.0 Å². The number of hydrogen-bond donors (Lipinski definition) is 4. The Balaban J connectivity index is 1.89. The summed E-state index contributed by atoms with van der Waals surface area (Å²) in [6.45, 7) is 2.20. The van der Waals surface area contributed by atoms with E-state index in [1.165, 1.54) is 25.1 Å². The highest BCUT2D eigenvalue weighted by Gasteiger charge is 2.69. The first-order chi connectivity index (χ1) is 18.2. The van der Waals surface area contributed by atoms with Crippen LogP contribution in [0.1, 0.15) is 46.0 Å². The second-order valence-electron chi connectivity index (χ2n) is 11.1. The fourth-order valence-electron chi connectivity index (χ4n) is 6.56. The minimum absolute atomic E-state index is 0.0454. The van der Waals surface area contributed by atoms with Gasteiger partial charge in [-0.05, 0) is 50.9 Å². The maximum absolute atomic E-state index is 13.9. The molecule has 210 valence electrons. The molecule has 2 fully saturated rings. The zero-order valence-electron chi connectivity index (χ0n) is 22.6. The number of rotatable bonds is 6.